The molecule has 0 aromatic rings. The number of aliphatic hydroxyl groups is 1. The van der Waals surface area contributed by atoms with Crippen molar-refractivity contribution in [3.63, 3.8) is 0 Å². The average molecular weight is 826 g/mol. The van der Waals surface area contributed by atoms with Crippen LogP contribution in [0.2, 0.25) is 0 Å². The highest BCUT2D eigenvalue weighted by Crippen LogP contribution is 2.54. The number of ketones is 1. The van der Waals surface area contributed by atoms with Crippen LogP contribution >= 0.6 is 0 Å². The lowest BCUT2D eigenvalue weighted by Gasteiger charge is -2.47. The summed E-state index contributed by atoms with van der Waals surface area (Å²) in [4.78, 5) is 14.1. The van der Waals surface area contributed by atoms with Crippen molar-refractivity contribution in [2.24, 2.45) is 17.6 Å². The molecule has 19 atom stereocenters. The molecule has 10 saturated heterocycles. The molecule has 10 rings (SSSR count). The monoisotopic (exact) mass is 825 g/mol. The van der Waals surface area contributed by atoms with E-state index in [1.54, 1.807) is 7.11 Å². The van der Waals surface area contributed by atoms with Crippen LogP contribution in [-0.2, 0) is 57.5 Å². The second-order valence-corrected chi connectivity index (χ2v) is 19.6. The molecule has 0 aromatic carbocycles. The summed E-state index contributed by atoms with van der Waals surface area (Å²) in [6, 6.07) is 0. The van der Waals surface area contributed by atoms with Crippen molar-refractivity contribution in [1.82, 2.24) is 0 Å². The Bertz CT molecular complexity index is 1600. The first kappa shape index (κ1) is 42.3. The third-order valence-electron chi connectivity index (χ3n) is 14.0. The molecule has 0 saturated carbocycles. The summed E-state index contributed by atoms with van der Waals surface area (Å²) >= 11 is 0. The predicted octanol–water partition coefficient (Wildman–Crippen LogP) is 2.94. The van der Waals surface area contributed by atoms with Gasteiger partial charge in [0.1, 0.15) is 36.3 Å². The first-order chi connectivity index (χ1) is 27.1. The fourth-order valence-electron chi connectivity index (χ4n) is 11.3. The molecule has 18 unspecified atom stereocenters. The zero-order valence-corrected chi connectivity index (χ0v) is 34.3. The van der Waals surface area contributed by atoms with Gasteiger partial charge in [-0.1, -0.05) is 20.1 Å². The molecule has 0 amide bonds. The molecular weight excluding hydrogens is 763 g/mol. The van der Waals surface area contributed by atoms with Crippen molar-refractivity contribution >= 4 is 15.9 Å². The number of rotatable bonds is 4. The number of carbonyl (C=O) groups is 1. The van der Waals surface area contributed by atoms with Gasteiger partial charge in [0.2, 0.25) is 0 Å². The molecule has 10 aliphatic rings. The van der Waals surface area contributed by atoms with Crippen LogP contribution in [0.3, 0.4) is 0 Å². The summed E-state index contributed by atoms with van der Waals surface area (Å²) < 4.78 is 85.9. The van der Waals surface area contributed by atoms with Gasteiger partial charge in [-0.25, -0.2) is 0 Å². The fourth-order valence-corrected chi connectivity index (χ4v) is 11.3. The van der Waals surface area contributed by atoms with Gasteiger partial charge in [-0.2, -0.15) is 8.42 Å². The highest BCUT2D eigenvalue weighted by atomic mass is 32.2. The van der Waals surface area contributed by atoms with Crippen LogP contribution < -0.4 is 5.73 Å². The maximum atomic E-state index is 14.1. The molecule has 12 bridgehead atoms. The Labute approximate surface area is 336 Å². The Balaban J connectivity index is 0.000000859. The van der Waals surface area contributed by atoms with E-state index in [0.717, 1.165) is 56.1 Å². The van der Waals surface area contributed by atoms with Gasteiger partial charge in [0, 0.05) is 58.1 Å². The van der Waals surface area contributed by atoms with Gasteiger partial charge in [0.25, 0.3) is 10.1 Å². The minimum atomic E-state index is -3.67. The highest BCUT2D eigenvalue weighted by molar-refractivity contribution is 7.85. The zero-order valence-electron chi connectivity index (χ0n) is 33.5. The maximum Gasteiger partial charge on any atom is 0.261 e. The number of fused-ring (bicyclic) bond motifs is 6. The largest absolute Gasteiger partial charge is 0.392 e. The quantitative estimate of drug-likeness (QED) is 0.276. The number of methoxy groups -OCH3 is 1. The summed E-state index contributed by atoms with van der Waals surface area (Å²) in [6.07, 6.45) is 5.57. The molecule has 0 aromatic heterocycles. The van der Waals surface area contributed by atoms with Gasteiger partial charge in [-0.05, 0) is 62.0 Å². The number of hydrogen-bond acceptors (Lipinski definition) is 14. The summed E-state index contributed by atoms with van der Waals surface area (Å²) in [5.74, 6) is -0.619. The third-order valence-corrected chi connectivity index (χ3v) is 14.0. The van der Waals surface area contributed by atoms with Crippen molar-refractivity contribution < 1.29 is 65.5 Å². The minimum Gasteiger partial charge on any atom is -0.392 e. The number of nitrogens with two attached hydrogens (primary N) is 1. The molecule has 10 heterocycles. The molecule has 1 spiro atoms. The molecule has 0 aliphatic carbocycles. The van der Waals surface area contributed by atoms with Gasteiger partial charge in [-0.3, -0.25) is 9.35 Å². The van der Waals surface area contributed by atoms with Crippen LogP contribution in [0.4, 0.5) is 0 Å². The van der Waals surface area contributed by atoms with Crippen molar-refractivity contribution in [3.8, 4) is 0 Å². The Morgan fingerprint density at radius 3 is 2.26 bits per heavy atom. The zero-order chi connectivity index (χ0) is 40.4. The van der Waals surface area contributed by atoms with E-state index in [-0.39, 0.29) is 122 Å². The number of Topliss-reactive ketones (excluding diaryl/α,β-unsaturated/α-hetero) is 1. The average Bonchev–Trinajstić information content (AvgIpc) is 3.82. The van der Waals surface area contributed by atoms with E-state index in [0.29, 0.717) is 31.9 Å². The standard InChI is InChI=1S/C40H59NO11.CH4O3S/c1-19-11-24-5-7-28-20(2)12-26(45-28)9-10-40-17-33-36(51-40)37-38(50-33)39(52-40)35-29(49-37)8-6-25(47-35)13-22(42)14-27-31(16-30(46-24)21(19)3)48-32(34(27)44-4)15-23(43)18-41;1-5(2,3)4/h19,23-39,43H,2-3,5-18,41H2,1,4H3;1H3,(H,2,3,4)/t19?,23?,24?,25?,26?,27?,28?,29?,30?,31?,32?,33?,34?,35?,36?,37?,38?,39?,40-;/m0./s1. The summed E-state index contributed by atoms with van der Waals surface area (Å²) in [5, 5.41) is 10.5. The predicted molar refractivity (Wildman–Crippen MR) is 204 cm³/mol. The van der Waals surface area contributed by atoms with Gasteiger partial charge in [-0.15, -0.1) is 0 Å². The molecular formula is C41H63NO14S. The second kappa shape index (κ2) is 16.8. The van der Waals surface area contributed by atoms with E-state index in [1.165, 1.54) is 0 Å². The van der Waals surface area contributed by atoms with E-state index < -0.39 is 28.1 Å². The van der Waals surface area contributed by atoms with Crippen LogP contribution in [-0.4, -0.2) is 147 Å². The normalized spacial score (nSPS) is 48.8. The second-order valence-electron chi connectivity index (χ2n) is 18.2. The Kier molecular flexibility index (Phi) is 12.5. The Morgan fingerprint density at radius 2 is 1.51 bits per heavy atom. The van der Waals surface area contributed by atoms with Crippen molar-refractivity contribution in [2.45, 2.75) is 194 Å². The van der Waals surface area contributed by atoms with E-state index in [1.807, 2.05) is 0 Å². The number of carbonyl (C=O) groups excluding carboxylic acids is 1. The smallest absolute Gasteiger partial charge is 0.261 e. The summed E-state index contributed by atoms with van der Waals surface area (Å²) in [5.41, 5.74) is 8.01. The Hall–Kier alpha value is -1.38. The van der Waals surface area contributed by atoms with Crippen LogP contribution in [0.15, 0.2) is 24.3 Å². The van der Waals surface area contributed by atoms with Gasteiger partial charge in [0.05, 0.1) is 73.4 Å². The Morgan fingerprint density at radius 1 is 0.825 bits per heavy atom. The lowest BCUT2D eigenvalue weighted by molar-refractivity contribution is -0.292. The molecule has 10 aliphatic heterocycles. The SMILES string of the molecule is C=C1CC2CC[C@@]34CC5OC6C(OC7CCC(CC(=O)CC8C(CC9OC(CCC1O2)CC(C)C9=C)OC(CC(O)CN)C8OC)OC7C6O3)C5O4.CS(=O)(=O)O. The number of aliphatic hydroxyl groups excluding tert-OH is 1. The van der Waals surface area contributed by atoms with Crippen LogP contribution in [0.5, 0.6) is 0 Å². The molecule has 0 radical (unpaired) electrons. The molecule has 15 nitrogen and oxygen atoms in total. The summed E-state index contributed by atoms with van der Waals surface area (Å²) in [7, 11) is -2.01. The summed E-state index contributed by atoms with van der Waals surface area (Å²) in [6.45, 7) is 11.3. The molecule has 57 heavy (non-hydrogen) atoms. The van der Waals surface area contributed by atoms with Crippen molar-refractivity contribution in [2.75, 3.05) is 19.9 Å². The van der Waals surface area contributed by atoms with E-state index in [4.69, 9.17) is 52.9 Å². The van der Waals surface area contributed by atoms with Gasteiger partial charge in [0.15, 0.2) is 5.79 Å². The van der Waals surface area contributed by atoms with Gasteiger partial charge >= 0.3 is 0 Å². The topological polar surface area (TPSA) is 201 Å². The first-order valence-electron chi connectivity index (χ1n) is 21.1. The number of ether oxygens (including phenoxy) is 9. The van der Waals surface area contributed by atoms with E-state index >= 15 is 0 Å². The van der Waals surface area contributed by atoms with Crippen molar-refractivity contribution in [1.29, 1.82) is 0 Å². The van der Waals surface area contributed by atoms with E-state index in [2.05, 4.69) is 20.1 Å². The number of hydrogen-bond donors (Lipinski definition) is 3. The fraction of sp³-hybridized carbons (Fsp3) is 0.878. The minimum absolute atomic E-state index is 0.0158. The lowest BCUT2D eigenvalue weighted by Crippen LogP contribution is -2.61. The highest BCUT2D eigenvalue weighted by Gasteiger charge is 2.68. The van der Waals surface area contributed by atoms with Crippen LogP contribution in [0.1, 0.15) is 90.4 Å². The van der Waals surface area contributed by atoms with Crippen LogP contribution in [0, 0.1) is 11.8 Å². The molecule has 10 fully saturated rings. The van der Waals surface area contributed by atoms with Crippen LogP contribution in [0.25, 0.3) is 0 Å². The van der Waals surface area contributed by atoms with Gasteiger partial charge < -0.3 is 53.5 Å². The third kappa shape index (κ3) is 9.00. The van der Waals surface area contributed by atoms with E-state index in [9.17, 15) is 18.3 Å². The molecule has 4 N–H and O–H groups in total. The first-order valence-corrected chi connectivity index (χ1v) is 22.9. The lowest BCUT2D eigenvalue weighted by atomic mass is 9.81. The molecule has 16 heteroatoms. The van der Waals surface area contributed by atoms with Crippen molar-refractivity contribution in [3.05, 3.63) is 24.3 Å². The molecule has 322 valence electrons. The maximum absolute atomic E-state index is 14.1.